The van der Waals surface area contributed by atoms with Crippen molar-refractivity contribution in [1.82, 2.24) is 15.2 Å². The average molecular weight is 385 g/mol. The molecule has 0 saturated carbocycles. The first kappa shape index (κ1) is 19.2. The molecule has 2 aromatic rings. The van der Waals surface area contributed by atoms with Gasteiger partial charge in [-0.25, -0.2) is 0 Å². The van der Waals surface area contributed by atoms with E-state index < -0.39 is 0 Å². The second-order valence-corrected chi connectivity index (χ2v) is 8.25. The van der Waals surface area contributed by atoms with Gasteiger partial charge in [-0.05, 0) is 57.7 Å². The van der Waals surface area contributed by atoms with E-state index in [1.54, 1.807) is 0 Å². The number of hydrogen-bond donors (Lipinski definition) is 1. The van der Waals surface area contributed by atoms with E-state index in [1.165, 1.54) is 25.8 Å². The molecule has 28 heavy (non-hydrogen) atoms. The third kappa shape index (κ3) is 4.49. The van der Waals surface area contributed by atoms with Crippen molar-refractivity contribution in [3.05, 3.63) is 24.3 Å². The van der Waals surface area contributed by atoms with Crippen molar-refractivity contribution in [2.75, 3.05) is 37.6 Å². The Labute approximate surface area is 167 Å². The number of likely N-dealkylation sites (tertiary alicyclic amines) is 1. The van der Waals surface area contributed by atoms with E-state index in [9.17, 15) is 4.79 Å². The van der Waals surface area contributed by atoms with Gasteiger partial charge in [0.25, 0.3) is 6.01 Å². The third-order valence-electron chi connectivity index (χ3n) is 6.28. The predicted molar refractivity (Wildman–Crippen MR) is 111 cm³/mol. The van der Waals surface area contributed by atoms with Crippen molar-refractivity contribution >= 4 is 23.0 Å². The summed E-state index contributed by atoms with van der Waals surface area (Å²) in [4.78, 5) is 21.8. The molecule has 152 valence electrons. The summed E-state index contributed by atoms with van der Waals surface area (Å²) in [5, 5.41) is 3.16. The molecular weight excluding hydrogens is 352 g/mol. The number of anilines is 1. The van der Waals surface area contributed by atoms with E-state index >= 15 is 0 Å². The number of fused-ring (bicyclic) bond motifs is 1. The fourth-order valence-electron chi connectivity index (χ4n) is 4.46. The van der Waals surface area contributed by atoms with Crippen LogP contribution < -0.4 is 10.2 Å². The number of rotatable bonds is 6. The number of hydrogen-bond acceptors (Lipinski definition) is 5. The van der Waals surface area contributed by atoms with E-state index in [0.29, 0.717) is 12.1 Å². The largest absolute Gasteiger partial charge is 0.423 e. The number of benzene rings is 1. The molecule has 3 heterocycles. The quantitative estimate of drug-likeness (QED) is 0.773. The lowest BCUT2D eigenvalue weighted by molar-refractivity contribution is -0.125. The molecule has 0 radical (unpaired) electrons. The monoisotopic (exact) mass is 384 g/mol. The Balaban J connectivity index is 1.18. The predicted octanol–water partition coefficient (Wildman–Crippen LogP) is 3.42. The molecule has 0 spiro atoms. The number of aromatic nitrogens is 1. The van der Waals surface area contributed by atoms with Crippen LogP contribution in [0.3, 0.4) is 0 Å². The van der Waals surface area contributed by atoms with Gasteiger partial charge in [-0.2, -0.15) is 4.98 Å². The Morgan fingerprint density at radius 1 is 1.18 bits per heavy atom. The third-order valence-corrected chi connectivity index (χ3v) is 6.28. The summed E-state index contributed by atoms with van der Waals surface area (Å²) in [7, 11) is 0. The first-order valence-electron chi connectivity index (χ1n) is 10.8. The minimum Gasteiger partial charge on any atom is -0.423 e. The lowest BCUT2D eigenvalue weighted by Gasteiger charge is -2.33. The zero-order valence-electron chi connectivity index (χ0n) is 16.9. The molecule has 1 atom stereocenters. The van der Waals surface area contributed by atoms with Crippen LogP contribution in [0.4, 0.5) is 6.01 Å². The summed E-state index contributed by atoms with van der Waals surface area (Å²) in [5.41, 5.74) is 1.71. The zero-order valence-corrected chi connectivity index (χ0v) is 16.9. The molecule has 2 saturated heterocycles. The van der Waals surface area contributed by atoms with E-state index in [4.69, 9.17) is 4.42 Å². The number of nitrogens with zero attached hydrogens (tertiary/aromatic N) is 3. The minimum atomic E-state index is 0.106. The second-order valence-electron chi connectivity index (χ2n) is 8.25. The number of para-hydroxylation sites is 2. The zero-order chi connectivity index (χ0) is 19.3. The molecule has 4 rings (SSSR count). The van der Waals surface area contributed by atoms with Gasteiger partial charge in [-0.3, -0.25) is 4.79 Å². The molecule has 1 amide bonds. The summed E-state index contributed by atoms with van der Waals surface area (Å²) in [6.45, 7) is 7.04. The molecule has 2 fully saturated rings. The number of nitrogens with one attached hydrogen (secondary N) is 1. The molecule has 1 aromatic heterocycles. The van der Waals surface area contributed by atoms with E-state index in [-0.39, 0.29) is 11.8 Å². The molecule has 0 bridgehead atoms. The Kier molecular flexibility index (Phi) is 6.15. The molecule has 2 aliphatic rings. The minimum absolute atomic E-state index is 0.106. The summed E-state index contributed by atoms with van der Waals surface area (Å²) in [6.07, 6.45) is 6.73. The topological polar surface area (TPSA) is 61.6 Å². The van der Waals surface area contributed by atoms with Crippen molar-refractivity contribution in [2.24, 2.45) is 5.92 Å². The fourth-order valence-corrected chi connectivity index (χ4v) is 4.46. The maximum Gasteiger partial charge on any atom is 0.298 e. The average Bonchev–Trinajstić information content (AvgIpc) is 3.17. The van der Waals surface area contributed by atoms with Crippen LogP contribution in [0.15, 0.2) is 28.7 Å². The number of carbonyl (C=O) groups is 1. The summed E-state index contributed by atoms with van der Waals surface area (Å²) in [5.74, 6) is 0.318. The fraction of sp³-hybridized carbons (Fsp3) is 0.636. The van der Waals surface area contributed by atoms with Crippen LogP contribution >= 0.6 is 0 Å². The number of oxazole rings is 1. The van der Waals surface area contributed by atoms with Crippen molar-refractivity contribution in [1.29, 1.82) is 0 Å². The van der Waals surface area contributed by atoms with Gasteiger partial charge in [0, 0.05) is 38.1 Å². The maximum atomic E-state index is 12.5. The van der Waals surface area contributed by atoms with Gasteiger partial charge in [-0.15, -0.1) is 0 Å². The molecular formula is C22H32N4O2. The smallest absolute Gasteiger partial charge is 0.298 e. The van der Waals surface area contributed by atoms with Gasteiger partial charge in [0.2, 0.25) is 5.91 Å². The molecule has 1 aromatic carbocycles. The highest BCUT2D eigenvalue weighted by atomic mass is 16.4. The van der Waals surface area contributed by atoms with Gasteiger partial charge < -0.3 is 19.5 Å². The molecule has 2 aliphatic heterocycles. The second kappa shape index (κ2) is 8.95. The lowest BCUT2D eigenvalue weighted by Crippen LogP contribution is -2.42. The number of piperidine rings is 2. The molecule has 0 aliphatic carbocycles. The van der Waals surface area contributed by atoms with Crippen LogP contribution in [0.1, 0.15) is 45.4 Å². The highest BCUT2D eigenvalue weighted by molar-refractivity contribution is 5.79. The van der Waals surface area contributed by atoms with Gasteiger partial charge in [0.15, 0.2) is 5.58 Å². The molecule has 0 unspecified atom stereocenters. The Hall–Kier alpha value is -2.08. The standard InChI is InChI=1S/C22H32N4O2/c1-17-7-4-5-13-25(17)14-6-12-23-21(27)18-10-15-26(16-11-18)22-24-19-8-2-3-9-20(19)28-22/h2-3,8-9,17-18H,4-7,10-16H2,1H3,(H,23,27)/t17-/m0/s1. The Morgan fingerprint density at radius 2 is 2.00 bits per heavy atom. The highest BCUT2D eigenvalue weighted by Gasteiger charge is 2.27. The van der Waals surface area contributed by atoms with Gasteiger partial charge >= 0.3 is 0 Å². The van der Waals surface area contributed by atoms with Gasteiger partial charge in [0.1, 0.15) is 5.52 Å². The molecule has 6 nitrogen and oxygen atoms in total. The van der Waals surface area contributed by atoms with Crippen LogP contribution in [0.5, 0.6) is 0 Å². The van der Waals surface area contributed by atoms with Crippen molar-refractivity contribution in [2.45, 2.75) is 51.5 Å². The van der Waals surface area contributed by atoms with E-state index in [1.807, 2.05) is 24.3 Å². The van der Waals surface area contributed by atoms with Crippen LogP contribution in [-0.4, -0.2) is 54.6 Å². The van der Waals surface area contributed by atoms with Crippen LogP contribution in [0.25, 0.3) is 11.1 Å². The van der Waals surface area contributed by atoms with Crippen molar-refractivity contribution in [3.8, 4) is 0 Å². The van der Waals surface area contributed by atoms with E-state index in [2.05, 4.69) is 27.0 Å². The molecule has 6 heteroatoms. The Bertz CT molecular complexity index is 749. The van der Waals surface area contributed by atoms with Gasteiger partial charge in [0.05, 0.1) is 0 Å². The summed E-state index contributed by atoms with van der Waals surface area (Å²) >= 11 is 0. The number of carbonyl (C=O) groups excluding carboxylic acids is 1. The Morgan fingerprint density at radius 3 is 2.79 bits per heavy atom. The van der Waals surface area contributed by atoms with Crippen LogP contribution in [0, 0.1) is 5.92 Å². The molecule has 1 N–H and O–H groups in total. The van der Waals surface area contributed by atoms with Crippen LogP contribution in [0.2, 0.25) is 0 Å². The SMILES string of the molecule is C[C@H]1CCCCN1CCCNC(=O)C1CCN(c2nc3ccccc3o2)CC1. The lowest BCUT2D eigenvalue weighted by atomic mass is 9.96. The van der Waals surface area contributed by atoms with Crippen molar-refractivity contribution < 1.29 is 9.21 Å². The first-order chi connectivity index (χ1) is 13.7. The first-order valence-corrected chi connectivity index (χ1v) is 10.8. The summed E-state index contributed by atoms with van der Waals surface area (Å²) < 4.78 is 5.86. The summed E-state index contributed by atoms with van der Waals surface area (Å²) in [6, 6.07) is 9.21. The maximum absolute atomic E-state index is 12.5. The normalized spacial score (nSPS) is 21.9. The van der Waals surface area contributed by atoms with Crippen molar-refractivity contribution in [3.63, 3.8) is 0 Å². The van der Waals surface area contributed by atoms with Crippen LogP contribution in [-0.2, 0) is 4.79 Å². The van der Waals surface area contributed by atoms with Gasteiger partial charge in [-0.1, -0.05) is 18.6 Å². The van der Waals surface area contributed by atoms with E-state index in [0.717, 1.165) is 56.5 Å². The highest BCUT2D eigenvalue weighted by Crippen LogP contribution is 2.26. The number of amides is 1.